The van der Waals surface area contributed by atoms with E-state index in [-0.39, 0.29) is 17.7 Å². The van der Waals surface area contributed by atoms with Crippen LogP contribution in [-0.4, -0.2) is 43.0 Å². The lowest BCUT2D eigenvalue weighted by molar-refractivity contribution is -0.136. The van der Waals surface area contributed by atoms with E-state index in [2.05, 4.69) is 0 Å². The molecule has 2 saturated heterocycles. The van der Waals surface area contributed by atoms with Crippen LogP contribution < -0.4 is 9.64 Å². The number of benzene rings is 1. The quantitative estimate of drug-likeness (QED) is 0.857. The summed E-state index contributed by atoms with van der Waals surface area (Å²) in [5, 5.41) is 0. The Morgan fingerprint density at radius 3 is 2.70 bits per heavy atom. The van der Waals surface area contributed by atoms with Gasteiger partial charge in [0, 0.05) is 26.1 Å². The number of ether oxygens (including phenoxy) is 1. The number of nitrogens with zero attached hydrogens (tertiary/aromatic N) is 2. The van der Waals surface area contributed by atoms with Crippen LogP contribution in [0.5, 0.6) is 5.75 Å². The van der Waals surface area contributed by atoms with Crippen molar-refractivity contribution in [2.75, 3.05) is 31.1 Å². The van der Waals surface area contributed by atoms with Gasteiger partial charge in [0.1, 0.15) is 5.75 Å². The van der Waals surface area contributed by atoms with Gasteiger partial charge in [-0.25, -0.2) is 0 Å². The normalized spacial score (nSPS) is 21.6. The Morgan fingerprint density at radius 2 is 1.96 bits per heavy atom. The number of piperidine rings is 1. The predicted molar refractivity (Wildman–Crippen MR) is 88.5 cm³/mol. The minimum atomic E-state index is -0.227. The van der Waals surface area contributed by atoms with Crippen molar-refractivity contribution in [3.63, 3.8) is 0 Å². The fraction of sp³-hybridized carbons (Fsp3) is 0.556. The van der Waals surface area contributed by atoms with E-state index in [4.69, 9.17) is 4.74 Å². The maximum Gasteiger partial charge on any atom is 0.228 e. The van der Waals surface area contributed by atoms with Gasteiger partial charge in [0.2, 0.25) is 11.8 Å². The number of likely N-dealkylation sites (tertiary alicyclic amines) is 1. The monoisotopic (exact) mass is 316 g/mol. The van der Waals surface area contributed by atoms with Crippen LogP contribution in [0.3, 0.4) is 0 Å². The molecule has 2 aliphatic rings. The zero-order valence-corrected chi connectivity index (χ0v) is 13.7. The minimum Gasteiger partial charge on any atom is -0.492 e. The molecule has 124 valence electrons. The van der Waals surface area contributed by atoms with Gasteiger partial charge >= 0.3 is 0 Å². The lowest BCUT2D eigenvalue weighted by atomic mass is 10.0. The Bertz CT molecular complexity index is 581. The molecule has 0 bridgehead atoms. The van der Waals surface area contributed by atoms with Crippen LogP contribution in [0.2, 0.25) is 0 Å². The molecule has 2 fully saturated rings. The number of para-hydroxylation sites is 2. The molecule has 2 aliphatic heterocycles. The van der Waals surface area contributed by atoms with Crippen LogP contribution in [-0.2, 0) is 9.59 Å². The smallest absolute Gasteiger partial charge is 0.228 e. The summed E-state index contributed by atoms with van der Waals surface area (Å²) in [6.45, 7) is 4.59. The second-order valence-electron chi connectivity index (χ2n) is 6.19. The van der Waals surface area contributed by atoms with E-state index in [1.165, 1.54) is 6.42 Å². The summed E-state index contributed by atoms with van der Waals surface area (Å²) in [5.41, 5.74) is 0.772. The topological polar surface area (TPSA) is 49.9 Å². The molecular weight excluding hydrogens is 292 g/mol. The molecule has 5 heteroatoms. The summed E-state index contributed by atoms with van der Waals surface area (Å²) in [6.07, 6.45) is 3.64. The first-order chi connectivity index (χ1) is 11.2. The summed E-state index contributed by atoms with van der Waals surface area (Å²) in [5.74, 6) is 0.617. The molecule has 0 unspecified atom stereocenters. The Labute approximate surface area is 137 Å². The summed E-state index contributed by atoms with van der Waals surface area (Å²) < 4.78 is 5.62. The third-order valence-corrected chi connectivity index (χ3v) is 4.60. The number of hydrogen-bond donors (Lipinski definition) is 0. The molecule has 3 rings (SSSR count). The van der Waals surface area contributed by atoms with Crippen LogP contribution in [0, 0.1) is 5.92 Å². The molecule has 23 heavy (non-hydrogen) atoms. The minimum absolute atomic E-state index is 0.00696. The highest BCUT2D eigenvalue weighted by Crippen LogP contribution is 2.33. The van der Waals surface area contributed by atoms with Crippen molar-refractivity contribution in [2.24, 2.45) is 5.92 Å². The van der Waals surface area contributed by atoms with E-state index in [0.29, 0.717) is 25.3 Å². The third kappa shape index (κ3) is 3.33. The van der Waals surface area contributed by atoms with Gasteiger partial charge in [-0.15, -0.1) is 0 Å². The highest BCUT2D eigenvalue weighted by atomic mass is 16.5. The summed E-state index contributed by atoms with van der Waals surface area (Å²) >= 11 is 0. The van der Waals surface area contributed by atoms with Crippen molar-refractivity contribution in [1.29, 1.82) is 0 Å². The van der Waals surface area contributed by atoms with Crippen LogP contribution in [0.1, 0.15) is 32.6 Å². The van der Waals surface area contributed by atoms with E-state index >= 15 is 0 Å². The Kier molecular flexibility index (Phi) is 4.84. The SMILES string of the molecule is CCOc1ccccc1N1C[C@@H](C(=O)N2CCCCC2)CC1=O. The molecule has 0 N–H and O–H groups in total. The van der Waals surface area contributed by atoms with E-state index in [1.807, 2.05) is 36.1 Å². The van der Waals surface area contributed by atoms with E-state index in [1.54, 1.807) is 4.90 Å². The van der Waals surface area contributed by atoms with Gasteiger partial charge in [0.25, 0.3) is 0 Å². The van der Waals surface area contributed by atoms with Crippen molar-refractivity contribution in [3.05, 3.63) is 24.3 Å². The molecule has 2 heterocycles. The molecule has 0 aromatic heterocycles. The first-order valence-corrected chi connectivity index (χ1v) is 8.51. The lowest BCUT2D eigenvalue weighted by Crippen LogP contribution is -2.40. The van der Waals surface area contributed by atoms with Gasteiger partial charge in [0.05, 0.1) is 18.2 Å². The average Bonchev–Trinajstić information content (AvgIpc) is 2.97. The highest BCUT2D eigenvalue weighted by molar-refractivity contribution is 6.01. The third-order valence-electron chi connectivity index (χ3n) is 4.60. The first kappa shape index (κ1) is 15.8. The number of anilines is 1. The van der Waals surface area contributed by atoms with Gasteiger partial charge < -0.3 is 14.5 Å². The molecule has 0 saturated carbocycles. The van der Waals surface area contributed by atoms with Gasteiger partial charge in [-0.05, 0) is 38.3 Å². The molecule has 1 atom stereocenters. The molecular formula is C18H24N2O3. The second kappa shape index (κ2) is 7.02. The van der Waals surface area contributed by atoms with E-state index in [0.717, 1.165) is 31.6 Å². The zero-order chi connectivity index (χ0) is 16.2. The zero-order valence-electron chi connectivity index (χ0n) is 13.7. The van der Waals surface area contributed by atoms with Crippen molar-refractivity contribution in [2.45, 2.75) is 32.6 Å². The largest absolute Gasteiger partial charge is 0.492 e. The summed E-state index contributed by atoms with van der Waals surface area (Å²) in [7, 11) is 0. The second-order valence-corrected chi connectivity index (χ2v) is 6.19. The van der Waals surface area contributed by atoms with Crippen molar-refractivity contribution in [1.82, 2.24) is 4.90 Å². The average molecular weight is 316 g/mol. The molecule has 0 aliphatic carbocycles. The van der Waals surface area contributed by atoms with Gasteiger partial charge in [-0.2, -0.15) is 0 Å². The van der Waals surface area contributed by atoms with Crippen molar-refractivity contribution >= 4 is 17.5 Å². The summed E-state index contributed by atoms with van der Waals surface area (Å²) in [4.78, 5) is 28.7. The number of hydrogen-bond acceptors (Lipinski definition) is 3. The number of amides is 2. The standard InChI is InChI=1S/C18H24N2O3/c1-2-23-16-9-5-4-8-15(16)20-13-14(12-17(20)21)18(22)19-10-6-3-7-11-19/h4-5,8-9,14H,2-3,6-7,10-13H2,1H3/t14-/m0/s1. The van der Waals surface area contributed by atoms with Gasteiger partial charge in [-0.1, -0.05) is 12.1 Å². The fourth-order valence-corrected chi connectivity index (χ4v) is 3.44. The van der Waals surface area contributed by atoms with Crippen molar-refractivity contribution in [3.8, 4) is 5.75 Å². The first-order valence-electron chi connectivity index (χ1n) is 8.51. The van der Waals surface area contributed by atoms with Gasteiger partial charge in [0.15, 0.2) is 0 Å². The molecule has 5 nitrogen and oxygen atoms in total. The summed E-state index contributed by atoms with van der Waals surface area (Å²) in [6, 6.07) is 7.54. The highest BCUT2D eigenvalue weighted by Gasteiger charge is 2.38. The predicted octanol–water partition coefficient (Wildman–Crippen LogP) is 2.45. The maximum atomic E-state index is 12.6. The Balaban J connectivity index is 1.73. The molecule has 1 aromatic carbocycles. The molecule has 2 amide bonds. The van der Waals surface area contributed by atoms with Crippen molar-refractivity contribution < 1.29 is 14.3 Å². The Hall–Kier alpha value is -2.04. The number of carbonyl (C=O) groups is 2. The number of carbonyl (C=O) groups excluding carboxylic acids is 2. The van der Waals surface area contributed by atoms with E-state index < -0.39 is 0 Å². The van der Waals surface area contributed by atoms with Crippen LogP contribution >= 0.6 is 0 Å². The van der Waals surface area contributed by atoms with Crippen LogP contribution in [0.4, 0.5) is 5.69 Å². The molecule has 0 spiro atoms. The maximum absolute atomic E-state index is 12.6. The molecule has 1 aromatic rings. The van der Waals surface area contributed by atoms with E-state index in [9.17, 15) is 9.59 Å². The molecule has 0 radical (unpaired) electrons. The number of rotatable bonds is 4. The van der Waals surface area contributed by atoms with Crippen LogP contribution in [0.15, 0.2) is 24.3 Å². The fourth-order valence-electron chi connectivity index (χ4n) is 3.44. The van der Waals surface area contributed by atoms with Gasteiger partial charge in [-0.3, -0.25) is 9.59 Å². The Morgan fingerprint density at radius 1 is 1.22 bits per heavy atom. The lowest BCUT2D eigenvalue weighted by Gasteiger charge is -2.29. The van der Waals surface area contributed by atoms with Crippen LogP contribution in [0.25, 0.3) is 0 Å².